The molecule has 46 heavy (non-hydrogen) atoms. The molecule has 0 aromatic carbocycles. The van der Waals surface area contributed by atoms with Gasteiger partial charge in [0.15, 0.2) is 0 Å². The molecule has 0 saturated carbocycles. The molecule has 11 nitrogen and oxygen atoms in total. The quantitative estimate of drug-likeness (QED) is 0.0770. The summed E-state index contributed by atoms with van der Waals surface area (Å²) < 4.78 is 60.7. The fraction of sp³-hybridized carbons (Fsp3) is 1.00. The molecule has 0 atom stereocenters. The monoisotopic (exact) mass is 669 g/mol. The second-order valence-corrected chi connectivity index (χ2v) is 10.9. The average Bonchev–Trinajstić information content (AvgIpc) is 3.07. The van der Waals surface area contributed by atoms with E-state index in [1.165, 1.54) is 57.8 Å². The molecule has 0 spiro atoms. The molecule has 0 unspecified atom stereocenters. The Balaban J connectivity index is 3.03. The van der Waals surface area contributed by atoms with Crippen molar-refractivity contribution in [2.75, 3.05) is 145 Å². The van der Waals surface area contributed by atoms with Crippen LogP contribution < -0.4 is 0 Å². The first-order valence-electron chi connectivity index (χ1n) is 18.3. The molecule has 0 heterocycles. The predicted molar refractivity (Wildman–Crippen MR) is 181 cm³/mol. The molecule has 0 bridgehead atoms. The van der Waals surface area contributed by atoms with Crippen LogP contribution in [0.3, 0.4) is 0 Å². The SMILES string of the molecule is CCCCCCCCOCCOCCOCCOCCOCCOCCOCCOCCOCCOCCOCCCCCCC. The molecular formula is C35H72O11. The Hall–Kier alpha value is -0.440. The van der Waals surface area contributed by atoms with Gasteiger partial charge in [-0.15, -0.1) is 0 Å². The second-order valence-electron chi connectivity index (χ2n) is 10.9. The Kier molecular flexibility index (Phi) is 44.1. The first kappa shape index (κ1) is 45.6. The number of rotatable bonds is 43. The zero-order valence-corrected chi connectivity index (χ0v) is 29.8. The molecule has 0 aliphatic heterocycles. The van der Waals surface area contributed by atoms with Gasteiger partial charge in [-0.2, -0.15) is 0 Å². The van der Waals surface area contributed by atoms with Crippen LogP contribution in [0.1, 0.15) is 84.5 Å². The van der Waals surface area contributed by atoms with Crippen molar-refractivity contribution >= 4 is 0 Å². The molecule has 0 aromatic rings. The van der Waals surface area contributed by atoms with Gasteiger partial charge in [0.1, 0.15) is 0 Å². The molecule has 278 valence electrons. The van der Waals surface area contributed by atoms with Crippen molar-refractivity contribution in [2.24, 2.45) is 0 Å². The lowest BCUT2D eigenvalue weighted by Crippen LogP contribution is -2.15. The highest BCUT2D eigenvalue weighted by atomic mass is 16.6. The summed E-state index contributed by atoms with van der Waals surface area (Å²) in [6.07, 6.45) is 14.0. The van der Waals surface area contributed by atoms with E-state index in [1.807, 2.05) is 0 Å². The number of unbranched alkanes of at least 4 members (excludes halogenated alkanes) is 9. The van der Waals surface area contributed by atoms with E-state index in [2.05, 4.69) is 13.8 Å². The normalized spacial score (nSPS) is 11.6. The zero-order valence-electron chi connectivity index (χ0n) is 29.8. The Morgan fingerprint density at radius 3 is 0.522 bits per heavy atom. The molecular weight excluding hydrogens is 596 g/mol. The summed E-state index contributed by atoms with van der Waals surface area (Å²) in [7, 11) is 0. The van der Waals surface area contributed by atoms with Gasteiger partial charge in [0.25, 0.3) is 0 Å². The topological polar surface area (TPSA) is 102 Å². The van der Waals surface area contributed by atoms with E-state index >= 15 is 0 Å². The van der Waals surface area contributed by atoms with E-state index in [-0.39, 0.29) is 0 Å². The van der Waals surface area contributed by atoms with Crippen LogP contribution in [0.25, 0.3) is 0 Å². The maximum Gasteiger partial charge on any atom is 0.0701 e. The summed E-state index contributed by atoms with van der Waals surface area (Å²) in [6.45, 7) is 17.3. The smallest absolute Gasteiger partial charge is 0.0701 e. The van der Waals surface area contributed by atoms with Crippen molar-refractivity contribution in [3.05, 3.63) is 0 Å². The van der Waals surface area contributed by atoms with E-state index < -0.39 is 0 Å². The maximum absolute atomic E-state index is 5.59. The summed E-state index contributed by atoms with van der Waals surface area (Å²) in [5, 5.41) is 0. The lowest BCUT2D eigenvalue weighted by Gasteiger charge is -2.09. The van der Waals surface area contributed by atoms with Gasteiger partial charge in [-0.3, -0.25) is 0 Å². The first-order chi connectivity index (χ1) is 22.9. The van der Waals surface area contributed by atoms with Gasteiger partial charge in [-0.25, -0.2) is 0 Å². The maximum atomic E-state index is 5.59. The molecule has 0 radical (unpaired) electrons. The lowest BCUT2D eigenvalue weighted by atomic mass is 10.1. The van der Waals surface area contributed by atoms with Gasteiger partial charge < -0.3 is 52.1 Å². The lowest BCUT2D eigenvalue weighted by molar-refractivity contribution is -0.0275. The molecule has 0 fully saturated rings. The van der Waals surface area contributed by atoms with Crippen LogP contribution >= 0.6 is 0 Å². The van der Waals surface area contributed by atoms with Crippen molar-refractivity contribution in [3.63, 3.8) is 0 Å². The molecule has 0 saturated heterocycles. The average molecular weight is 669 g/mol. The zero-order chi connectivity index (χ0) is 33.1. The van der Waals surface area contributed by atoms with Gasteiger partial charge in [-0.05, 0) is 12.8 Å². The number of ether oxygens (including phenoxy) is 11. The molecule has 0 N–H and O–H groups in total. The highest BCUT2D eigenvalue weighted by molar-refractivity contribution is 4.44. The minimum absolute atomic E-state index is 0.528. The van der Waals surface area contributed by atoms with E-state index in [1.54, 1.807) is 0 Å². The van der Waals surface area contributed by atoms with Crippen molar-refractivity contribution in [2.45, 2.75) is 84.5 Å². The van der Waals surface area contributed by atoms with Crippen LogP contribution in [-0.2, 0) is 52.1 Å². The van der Waals surface area contributed by atoms with Gasteiger partial charge in [0, 0.05) is 13.2 Å². The number of hydrogen-bond donors (Lipinski definition) is 0. The summed E-state index contributed by atoms with van der Waals surface area (Å²) in [5.41, 5.74) is 0. The molecule has 0 rings (SSSR count). The van der Waals surface area contributed by atoms with Crippen LogP contribution in [0, 0.1) is 0 Å². The van der Waals surface area contributed by atoms with Crippen molar-refractivity contribution in [1.82, 2.24) is 0 Å². The minimum Gasteiger partial charge on any atom is -0.379 e. The highest BCUT2D eigenvalue weighted by Gasteiger charge is 1.97. The third kappa shape index (κ3) is 43.6. The van der Waals surface area contributed by atoms with E-state index in [4.69, 9.17) is 52.1 Å². The van der Waals surface area contributed by atoms with Crippen LogP contribution in [0.15, 0.2) is 0 Å². The first-order valence-corrected chi connectivity index (χ1v) is 18.3. The largest absolute Gasteiger partial charge is 0.379 e. The molecule has 0 amide bonds. The third-order valence-corrected chi connectivity index (χ3v) is 6.75. The van der Waals surface area contributed by atoms with Crippen molar-refractivity contribution in [3.8, 4) is 0 Å². The van der Waals surface area contributed by atoms with Crippen LogP contribution in [-0.4, -0.2) is 145 Å². The number of hydrogen-bond acceptors (Lipinski definition) is 11. The minimum atomic E-state index is 0.528. The van der Waals surface area contributed by atoms with Crippen LogP contribution in [0.5, 0.6) is 0 Å². The van der Waals surface area contributed by atoms with Gasteiger partial charge in [-0.1, -0.05) is 71.6 Å². The predicted octanol–water partition coefficient (Wildman–Crippen LogP) is 5.50. The second kappa shape index (κ2) is 44.6. The summed E-state index contributed by atoms with van der Waals surface area (Å²) in [6, 6.07) is 0. The Morgan fingerprint density at radius 1 is 0.174 bits per heavy atom. The Morgan fingerprint density at radius 2 is 0.326 bits per heavy atom. The molecule has 11 heteroatoms. The summed E-state index contributed by atoms with van der Waals surface area (Å²) >= 11 is 0. The fourth-order valence-corrected chi connectivity index (χ4v) is 4.09. The van der Waals surface area contributed by atoms with Crippen LogP contribution in [0.4, 0.5) is 0 Å². The van der Waals surface area contributed by atoms with Crippen molar-refractivity contribution in [1.29, 1.82) is 0 Å². The van der Waals surface area contributed by atoms with Gasteiger partial charge >= 0.3 is 0 Å². The summed E-state index contributed by atoms with van der Waals surface area (Å²) in [5.74, 6) is 0. The highest BCUT2D eigenvalue weighted by Crippen LogP contribution is 2.05. The Labute approximate surface area is 281 Å². The summed E-state index contributed by atoms with van der Waals surface area (Å²) in [4.78, 5) is 0. The van der Waals surface area contributed by atoms with Gasteiger partial charge in [0.2, 0.25) is 0 Å². The van der Waals surface area contributed by atoms with E-state index in [0.717, 1.165) is 26.1 Å². The third-order valence-electron chi connectivity index (χ3n) is 6.75. The fourth-order valence-electron chi connectivity index (χ4n) is 4.09. The Bertz CT molecular complexity index is 473. The van der Waals surface area contributed by atoms with E-state index in [9.17, 15) is 0 Å². The van der Waals surface area contributed by atoms with Crippen LogP contribution in [0.2, 0.25) is 0 Å². The molecule has 0 aliphatic carbocycles. The molecule has 0 aromatic heterocycles. The van der Waals surface area contributed by atoms with Gasteiger partial charge in [0.05, 0.1) is 132 Å². The van der Waals surface area contributed by atoms with E-state index in [0.29, 0.717) is 132 Å². The molecule has 0 aliphatic rings. The standard InChI is InChI=1S/C35H72O11/c1-3-5-7-9-11-13-15-37-17-19-39-21-23-41-25-27-43-29-31-45-33-35-46-34-32-44-30-28-42-26-24-40-22-20-38-18-16-36-14-12-10-8-6-4-2/h3-35H2,1-2H3. The van der Waals surface area contributed by atoms with Crippen molar-refractivity contribution < 1.29 is 52.1 Å².